The molecule has 29 heavy (non-hydrogen) atoms. The Kier molecular flexibility index (Phi) is 7.41. The minimum absolute atomic E-state index is 0.250. The summed E-state index contributed by atoms with van der Waals surface area (Å²) >= 11 is 0. The Morgan fingerprint density at radius 3 is 2.28 bits per heavy atom. The van der Waals surface area contributed by atoms with Gasteiger partial charge in [0.1, 0.15) is 11.6 Å². The summed E-state index contributed by atoms with van der Waals surface area (Å²) in [6.45, 7) is 9.80. The van der Waals surface area contributed by atoms with Crippen molar-refractivity contribution in [2.24, 2.45) is 0 Å². The van der Waals surface area contributed by atoms with E-state index in [0.717, 1.165) is 47.1 Å². The molecule has 0 bridgehead atoms. The molecule has 0 atom stereocenters. The van der Waals surface area contributed by atoms with E-state index in [1.165, 1.54) is 5.56 Å². The molecular weight excluding hydrogens is 370 g/mol. The molecular formula is C21H27N5O3. The fraction of sp³-hybridized carbons (Fsp3) is 0.381. The summed E-state index contributed by atoms with van der Waals surface area (Å²) in [5, 5.41) is 11.4. The predicted molar refractivity (Wildman–Crippen MR) is 111 cm³/mol. The van der Waals surface area contributed by atoms with E-state index in [0.29, 0.717) is 5.92 Å². The lowest BCUT2D eigenvalue weighted by Gasteiger charge is -2.10. The van der Waals surface area contributed by atoms with Crippen LogP contribution in [0.5, 0.6) is 0 Å². The van der Waals surface area contributed by atoms with Crippen LogP contribution in [0, 0.1) is 20.8 Å². The maximum Gasteiger partial charge on any atom is 0.345 e. The van der Waals surface area contributed by atoms with Crippen molar-refractivity contribution >= 4 is 6.47 Å². The molecule has 8 nitrogen and oxygen atoms in total. The molecule has 1 aromatic carbocycles. The van der Waals surface area contributed by atoms with Crippen molar-refractivity contribution in [3.05, 3.63) is 68.9 Å². The molecule has 3 rings (SSSR count). The van der Waals surface area contributed by atoms with Crippen LogP contribution in [0.25, 0.3) is 5.69 Å². The zero-order chi connectivity index (χ0) is 21.6. The quantitative estimate of drug-likeness (QED) is 0.640. The molecule has 2 heterocycles. The molecule has 0 fully saturated rings. The molecule has 8 heteroatoms. The molecule has 0 aliphatic rings. The van der Waals surface area contributed by atoms with Gasteiger partial charge in [0.2, 0.25) is 0 Å². The summed E-state index contributed by atoms with van der Waals surface area (Å²) in [7, 11) is 0. The van der Waals surface area contributed by atoms with Gasteiger partial charge in [0, 0.05) is 17.8 Å². The van der Waals surface area contributed by atoms with Crippen molar-refractivity contribution in [2.45, 2.75) is 53.4 Å². The second-order valence-corrected chi connectivity index (χ2v) is 7.07. The fourth-order valence-electron chi connectivity index (χ4n) is 3.19. The summed E-state index contributed by atoms with van der Waals surface area (Å²) < 4.78 is 1.91. The number of rotatable bonds is 5. The minimum atomic E-state index is -0.298. The van der Waals surface area contributed by atoms with Crippen LogP contribution in [-0.2, 0) is 17.6 Å². The average molecular weight is 397 g/mol. The van der Waals surface area contributed by atoms with Gasteiger partial charge in [0.05, 0.1) is 5.69 Å². The van der Waals surface area contributed by atoms with Gasteiger partial charge < -0.3 is 10.1 Å². The van der Waals surface area contributed by atoms with E-state index in [2.05, 4.69) is 58.2 Å². The molecule has 3 aromatic rings. The highest BCUT2D eigenvalue weighted by Gasteiger charge is 2.13. The van der Waals surface area contributed by atoms with Crippen LogP contribution in [0.4, 0.5) is 0 Å². The third kappa shape index (κ3) is 5.60. The molecule has 0 saturated carbocycles. The monoisotopic (exact) mass is 397 g/mol. The lowest BCUT2D eigenvalue weighted by atomic mass is 10.0. The topological polar surface area (TPSA) is 114 Å². The number of hydrogen-bond acceptors (Lipinski definition) is 5. The Balaban J connectivity index is 0.000000941. The summed E-state index contributed by atoms with van der Waals surface area (Å²) in [6, 6.07) is 8.46. The lowest BCUT2D eigenvalue weighted by molar-refractivity contribution is -0.122. The van der Waals surface area contributed by atoms with E-state index in [9.17, 15) is 4.79 Å². The van der Waals surface area contributed by atoms with E-state index in [1.807, 2.05) is 25.5 Å². The number of carbonyl (C=O) groups is 1. The van der Waals surface area contributed by atoms with Crippen molar-refractivity contribution in [2.75, 3.05) is 0 Å². The lowest BCUT2D eigenvalue weighted by Crippen LogP contribution is -2.16. The molecule has 154 valence electrons. The first-order valence-corrected chi connectivity index (χ1v) is 9.44. The van der Waals surface area contributed by atoms with Crippen molar-refractivity contribution in [3.8, 4) is 5.69 Å². The van der Waals surface area contributed by atoms with Crippen LogP contribution < -0.4 is 5.69 Å². The molecule has 0 aliphatic heterocycles. The third-order valence-corrected chi connectivity index (χ3v) is 4.64. The number of H-pyrrole nitrogens is 1. The highest BCUT2D eigenvalue weighted by Crippen LogP contribution is 2.18. The van der Waals surface area contributed by atoms with E-state index in [-0.39, 0.29) is 12.2 Å². The van der Waals surface area contributed by atoms with Gasteiger partial charge in [-0.3, -0.25) is 4.79 Å². The summed E-state index contributed by atoms with van der Waals surface area (Å²) in [5.74, 6) is 2.16. The fourth-order valence-corrected chi connectivity index (χ4v) is 3.19. The highest BCUT2D eigenvalue weighted by molar-refractivity contribution is 5.36. The van der Waals surface area contributed by atoms with E-state index < -0.39 is 0 Å². The second kappa shape index (κ2) is 9.77. The van der Waals surface area contributed by atoms with Crippen LogP contribution in [-0.4, -0.2) is 36.3 Å². The SMILES string of the molecule is Cc1nc(CCc2c(C)nc(=O)[nH]c2C)n(-c2ccc(C(C)C)cc2)n1.O=CO. The van der Waals surface area contributed by atoms with Gasteiger partial charge in [-0.15, -0.1) is 0 Å². The Bertz CT molecular complexity index is 994. The largest absolute Gasteiger partial charge is 0.483 e. The number of aryl methyl sites for hydroxylation is 4. The Morgan fingerprint density at radius 1 is 1.10 bits per heavy atom. The maximum atomic E-state index is 11.5. The first-order chi connectivity index (χ1) is 13.8. The van der Waals surface area contributed by atoms with Gasteiger partial charge >= 0.3 is 5.69 Å². The van der Waals surface area contributed by atoms with E-state index in [4.69, 9.17) is 9.90 Å². The molecule has 0 spiro atoms. The van der Waals surface area contributed by atoms with Crippen LogP contribution in [0.15, 0.2) is 29.1 Å². The summed E-state index contributed by atoms with van der Waals surface area (Å²) in [5.41, 5.74) is 4.72. The first kappa shape index (κ1) is 22.0. The van der Waals surface area contributed by atoms with Crippen LogP contribution in [0.1, 0.15) is 53.9 Å². The van der Waals surface area contributed by atoms with Gasteiger partial charge in [-0.25, -0.2) is 14.5 Å². The normalized spacial score (nSPS) is 10.6. The van der Waals surface area contributed by atoms with E-state index in [1.54, 1.807) is 0 Å². The van der Waals surface area contributed by atoms with Gasteiger partial charge in [-0.2, -0.15) is 10.1 Å². The van der Waals surface area contributed by atoms with Crippen LogP contribution >= 0.6 is 0 Å². The van der Waals surface area contributed by atoms with Gasteiger partial charge in [-0.1, -0.05) is 26.0 Å². The standard InChI is InChI=1S/C20H25N5O.CH2O2/c1-12(2)16-6-8-17(9-7-16)25-19(23-15(5)24-25)11-10-18-13(3)21-20(26)22-14(18)4;2-1-3/h6-9,12H,10-11H2,1-5H3,(H,21,22,26);1H,(H,2,3). The molecule has 0 amide bonds. The summed E-state index contributed by atoms with van der Waals surface area (Å²) in [4.78, 5) is 31.2. The molecule has 2 N–H and O–H groups in total. The zero-order valence-electron chi connectivity index (χ0n) is 17.4. The summed E-state index contributed by atoms with van der Waals surface area (Å²) in [6.07, 6.45) is 1.48. The number of carboxylic acid groups (broad SMARTS) is 1. The number of aromatic nitrogens is 5. The predicted octanol–water partition coefficient (Wildman–Crippen LogP) is 2.89. The van der Waals surface area contributed by atoms with Gasteiger partial charge in [0.15, 0.2) is 0 Å². The highest BCUT2D eigenvalue weighted by atomic mass is 16.3. The smallest absolute Gasteiger partial charge is 0.345 e. The maximum absolute atomic E-state index is 11.5. The van der Waals surface area contributed by atoms with Crippen LogP contribution in [0.3, 0.4) is 0 Å². The number of hydrogen-bond donors (Lipinski definition) is 2. The first-order valence-electron chi connectivity index (χ1n) is 9.44. The van der Waals surface area contributed by atoms with Crippen molar-refractivity contribution in [1.82, 2.24) is 24.7 Å². The van der Waals surface area contributed by atoms with Gasteiger partial charge in [-0.05, 0) is 56.4 Å². The number of aromatic amines is 1. The zero-order valence-corrected chi connectivity index (χ0v) is 17.4. The van der Waals surface area contributed by atoms with Gasteiger partial charge in [0.25, 0.3) is 6.47 Å². The van der Waals surface area contributed by atoms with Crippen LogP contribution in [0.2, 0.25) is 0 Å². The molecule has 0 radical (unpaired) electrons. The molecule has 0 aliphatic carbocycles. The number of benzene rings is 1. The van der Waals surface area contributed by atoms with Crippen molar-refractivity contribution < 1.29 is 9.90 Å². The molecule has 2 aromatic heterocycles. The van der Waals surface area contributed by atoms with Crippen molar-refractivity contribution in [3.63, 3.8) is 0 Å². The van der Waals surface area contributed by atoms with Crippen molar-refractivity contribution in [1.29, 1.82) is 0 Å². The minimum Gasteiger partial charge on any atom is -0.483 e. The van der Waals surface area contributed by atoms with E-state index >= 15 is 0 Å². The third-order valence-electron chi connectivity index (χ3n) is 4.64. The number of nitrogens with zero attached hydrogens (tertiary/aromatic N) is 4. The molecule has 0 saturated heterocycles. The molecule has 0 unspecified atom stereocenters. The second-order valence-electron chi connectivity index (χ2n) is 7.07. The number of nitrogens with one attached hydrogen (secondary N) is 1. The average Bonchev–Trinajstić information content (AvgIpc) is 3.02. The Hall–Kier alpha value is -3.29. The Morgan fingerprint density at radius 2 is 1.72 bits per heavy atom. The Labute approximate surface area is 169 Å².